The Balaban J connectivity index is 2.07. The monoisotopic (exact) mass is 434 g/mol. The lowest BCUT2D eigenvalue weighted by atomic mass is 10.2. The summed E-state index contributed by atoms with van der Waals surface area (Å²) in [6.45, 7) is 1.43. The van der Waals surface area contributed by atoms with Crippen LogP contribution in [0, 0.1) is 20.2 Å². The Morgan fingerprint density at radius 1 is 1.16 bits per heavy atom. The van der Waals surface area contributed by atoms with E-state index >= 15 is 0 Å². The molecular weight excluding hydrogens is 416 g/mol. The number of phenolic OH excluding ortho intramolecular Hbond substituents is 1. The number of benzene rings is 2. The second kappa shape index (κ2) is 10.4. The first-order valence-electron chi connectivity index (χ1n) is 8.68. The highest BCUT2D eigenvalue weighted by Gasteiger charge is 2.27. The van der Waals surface area contributed by atoms with E-state index in [9.17, 15) is 30.1 Å². The number of nitrogens with zero attached hydrogens (tertiary/aromatic N) is 3. The number of amides is 1. The molecule has 0 aliphatic carbocycles. The third kappa shape index (κ3) is 6.03. The molecule has 0 fully saturated rings. The fourth-order valence-corrected chi connectivity index (χ4v) is 2.34. The largest absolute Gasteiger partial charge is 0.504 e. The molecule has 31 heavy (non-hydrogen) atoms. The van der Waals surface area contributed by atoms with E-state index in [2.05, 4.69) is 10.5 Å². The van der Waals surface area contributed by atoms with Crippen molar-refractivity contribution in [3.63, 3.8) is 0 Å². The number of nitrogens with one attached hydrogen (secondary N) is 1. The zero-order chi connectivity index (χ0) is 23.0. The van der Waals surface area contributed by atoms with Gasteiger partial charge in [0.05, 0.1) is 41.9 Å². The average molecular weight is 434 g/mol. The smallest absolute Gasteiger partial charge is 0.321 e. The van der Waals surface area contributed by atoms with Crippen LogP contribution in [0.25, 0.3) is 0 Å². The van der Waals surface area contributed by atoms with Crippen LogP contribution in [-0.4, -0.2) is 47.4 Å². The molecule has 0 aliphatic rings. The standard InChI is InChI=1S/C18H18N4O9/c1-3-30-15-6-11(4-5-14(15)23)9-19-20-17(24)10-31-18-13(22(27)28)7-12(21(25)26)8-16(18)29-2/h4-9,23H,3,10H2,1-2H3,(H,20,24)/b19-9+. The number of carbonyl (C=O) groups is 1. The van der Waals surface area contributed by atoms with Gasteiger partial charge in [-0.15, -0.1) is 0 Å². The number of ether oxygens (including phenoxy) is 3. The molecule has 0 radical (unpaired) electrons. The van der Waals surface area contributed by atoms with Crippen LogP contribution in [0.2, 0.25) is 0 Å². The van der Waals surface area contributed by atoms with Crippen LogP contribution in [-0.2, 0) is 4.79 Å². The molecule has 0 unspecified atom stereocenters. The average Bonchev–Trinajstić information content (AvgIpc) is 2.73. The van der Waals surface area contributed by atoms with E-state index in [0.717, 1.165) is 13.2 Å². The number of hydrazone groups is 1. The molecule has 0 spiro atoms. The van der Waals surface area contributed by atoms with Crippen molar-refractivity contribution >= 4 is 23.5 Å². The third-order valence-electron chi connectivity index (χ3n) is 3.68. The van der Waals surface area contributed by atoms with E-state index in [4.69, 9.17) is 14.2 Å². The highest BCUT2D eigenvalue weighted by molar-refractivity contribution is 5.83. The third-order valence-corrected chi connectivity index (χ3v) is 3.68. The van der Waals surface area contributed by atoms with E-state index in [0.29, 0.717) is 18.2 Å². The quantitative estimate of drug-likeness (QED) is 0.322. The molecule has 0 aliphatic heterocycles. The van der Waals surface area contributed by atoms with Crippen molar-refractivity contribution in [2.75, 3.05) is 20.3 Å². The Morgan fingerprint density at radius 2 is 1.90 bits per heavy atom. The maximum Gasteiger partial charge on any atom is 0.321 e. The zero-order valence-electron chi connectivity index (χ0n) is 16.4. The zero-order valence-corrected chi connectivity index (χ0v) is 16.4. The molecule has 0 bridgehead atoms. The van der Waals surface area contributed by atoms with Gasteiger partial charge in [-0.05, 0) is 30.7 Å². The number of non-ortho nitro benzene ring substituents is 1. The Hall–Kier alpha value is -4.42. The van der Waals surface area contributed by atoms with Crippen LogP contribution in [0.15, 0.2) is 35.4 Å². The van der Waals surface area contributed by atoms with Crippen LogP contribution in [0.3, 0.4) is 0 Å². The van der Waals surface area contributed by atoms with Gasteiger partial charge in [0.15, 0.2) is 23.9 Å². The second-order valence-electron chi connectivity index (χ2n) is 5.75. The second-order valence-corrected chi connectivity index (χ2v) is 5.75. The predicted molar refractivity (Wildman–Crippen MR) is 107 cm³/mol. The number of rotatable bonds is 10. The van der Waals surface area contributed by atoms with Crippen molar-refractivity contribution in [3.05, 3.63) is 56.1 Å². The van der Waals surface area contributed by atoms with Crippen molar-refractivity contribution in [1.29, 1.82) is 0 Å². The van der Waals surface area contributed by atoms with Crippen molar-refractivity contribution in [2.24, 2.45) is 5.10 Å². The summed E-state index contributed by atoms with van der Waals surface area (Å²) in [5.41, 5.74) is 1.40. The van der Waals surface area contributed by atoms with Crippen molar-refractivity contribution in [3.8, 4) is 23.0 Å². The number of hydrogen-bond acceptors (Lipinski definition) is 10. The Labute approximate surface area is 175 Å². The van der Waals surface area contributed by atoms with Gasteiger partial charge in [-0.25, -0.2) is 5.43 Å². The minimum atomic E-state index is -0.887. The molecule has 2 N–H and O–H groups in total. The summed E-state index contributed by atoms with van der Waals surface area (Å²) in [6.07, 6.45) is 1.29. The van der Waals surface area contributed by atoms with Gasteiger partial charge in [0.2, 0.25) is 5.75 Å². The number of phenols is 1. The molecule has 13 nitrogen and oxygen atoms in total. The summed E-state index contributed by atoms with van der Waals surface area (Å²) in [4.78, 5) is 32.4. The first kappa shape index (κ1) is 22.9. The first-order valence-corrected chi connectivity index (χ1v) is 8.68. The molecule has 13 heteroatoms. The number of nitro benzene ring substituents is 2. The van der Waals surface area contributed by atoms with Gasteiger partial charge >= 0.3 is 5.69 Å². The van der Waals surface area contributed by atoms with Crippen molar-refractivity contribution in [2.45, 2.75) is 6.92 Å². The summed E-state index contributed by atoms with van der Waals surface area (Å²) in [5.74, 6) is -1.26. The summed E-state index contributed by atoms with van der Waals surface area (Å²) in [5, 5.41) is 35.5. The Kier molecular flexibility index (Phi) is 7.66. The minimum Gasteiger partial charge on any atom is -0.504 e. The van der Waals surface area contributed by atoms with Gasteiger partial charge in [-0.3, -0.25) is 25.0 Å². The molecule has 0 aromatic heterocycles. The summed E-state index contributed by atoms with van der Waals surface area (Å²) in [6, 6.07) is 6.09. The molecule has 0 saturated heterocycles. The SMILES string of the molecule is CCOc1cc(/C=N/NC(=O)COc2c(OC)cc([N+](=O)[O-])cc2[N+](=O)[O-])ccc1O. The lowest BCUT2D eigenvalue weighted by molar-refractivity contribution is -0.394. The topological polar surface area (TPSA) is 176 Å². The molecule has 164 valence electrons. The van der Waals surface area contributed by atoms with E-state index in [1.54, 1.807) is 6.92 Å². The number of nitro groups is 2. The summed E-state index contributed by atoms with van der Waals surface area (Å²) in [7, 11) is 1.15. The highest BCUT2D eigenvalue weighted by atomic mass is 16.6. The molecular formula is C18H18N4O9. The molecule has 0 atom stereocenters. The van der Waals surface area contributed by atoms with E-state index in [1.807, 2.05) is 0 Å². The lowest BCUT2D eigenvalue weighted by Gasteiger charge is -2.10. The molecule has 2 aromatic rings. The van der Waals surface area contributed by atoms with Crippen LogP contribution in [0.1, 0.15) is 12.5 Å². The van der Waals surface area contributed by atoms with Gasteiger partial charge in [0.1, 0.15) is 0 Å². The predicted octanol–water partition coefficient (Wildman–Crippen LogP) is 2.15. The van der Waals surface area contributed by atoms with Crippen molar-refractivity contribution in [1.82, 2.24) is 5.43 Å². The van der Waals surface area contributed by atoms with Gasteiger partial charge in [-0.1, -0.05) is 0 Å². The van der Waals surface area contributed by atoms with Gasteiger partial charge in [-0.2, -0.15) is 5.10 Å². The van der Waals surface area contributed by atoms with E-state index < -0.39 is 39.5 Å². The number of aromatic hydroxyl groups is 1. The number of carbonyl (C=O) groups excluding carboxylic acids is 1. The molecule has 1 amide bonds. The Bertz CT molecular complexity index is 1020. The van der Waals surface area contributed by atoms with Crippen LogP contribution < -0.4 is 19.6 Å². The van der Waals surface area contributed by atoms with Crippen LogP contribution in [0.5, 0.6) is 23.0 Å². The first-order chi connectivity index (χ1) is 14.8. The molecule has 2 aromatic carbocycles. The van der Waals surface area contributed by atoms with Gasteiger partial charge in [0, 0.05) is 0 Å². The fraction of sp³-hybridized carbons (Fsp3) is 0.222. The van der Waals surface area contributed by atoms with E-state index in [1.165, 1.54) is 24.4 Å². The van der Waals surface area contributed by atoms with Crippen LogP contribution in [0.4, 0.5) is 11.4 Å². The summed E-state index contributed by atoms with van der Waals surface area (Å²) >= 11 is 0. The normalized spacial score (nSPS) is 10.5. The van der Waals surface area contributed by atoms with Gasteiger partial charge < -0.3 is 19.3 Å². The minimum absolute atomic E-state index is 0.0462. The van der Waals surface area contributed by atoms with Crippen LogP contribution >= 0.6 is 0 Å². The maximum absolute atomic E-state index is 12.0. The lowest BCUT2D eigenvalue weighted by Crippen LogP contribution is -2.25. The number of methoxy groups -OCH3 is 1. The number of hydrogen-bond donors (Lipinski definition) is 2. The van der Waals surface area contributed by atoms with Gasteiger partial charge in [0.25, 0.3) is 11.6 Å². The summed E-state index contributed by atoms with van der Waals surface area (Å²) < 4.78 is 15.3. The fourth-order valence-electron chi connectivity index (χ4n) is 2.34. The van der Waals surface area contributed by atoms with Crippen molar-refractivity contribution < 1.29 is 34.0 Å². The maximum atomic E-state index is 12.0. The Morgan fingerprint density at radius 3 is 2.52 bits per heavy atom. The molecule has 0 heterocycles. The van der Waals surface area contributed by atoms with E-state index in [-0.39, 0.29) is 17.2 Å². The highest BCUT2D eigenvalue weighted by Crippen LogP contribution is 2.40. The molecule has 2 rings (SSSR count). The molecule has 0 saturated carbocycles.